The Morgan fingerprint density at radius 1 is 1.27 bits per heavy atom. The van der Waals surface area contributed by atoms with Crippen molar-refractivity contribution in [3.05, 3.63) is 41.2 Å². The fraction of sp³-hybridized carbons (Fsp3) is 0.579. The number of aromatic nitrogens is 4. The summed E-state index contributed by atoms with van der Waals surface area (Å²) in [7, 11) is 0. The molecule has 0 bridgehead atoms. The highest BCUT2D eigenvalue weighted by molar-refractivity contribution is 5.78. The summed E-state index contributed by atoms with van der Waals surface area (Å²) in [4.78, 5) is 19.0. The molecule has 0 spiro atoms. The van der Waals surface area contributed by atoms with Gasteiger partial charge in [-0.25, -0.2) is 0 Å². The van der Waals surface area contributed by atoms with Gasteiger partial charge >= 0.3 is 0 Å². The predicted molar refractivity (Wildman–Crippen MR) is 99.3 cm³/mol. The molecule has 1 aliphatic heterocycles. The van der Waals surface area contributed by atoms with Gasteiger partial charge in [-0.1, -0.05) is 19.9 Å². The van der Waals surface area contributed by atoms with E-state index in [1.165, 1.54) is 0 Å². The lowest BCUT2D eigenvalue weighted by Gasteiger charge is -2.19. The van der Waals surface area contributed by atoms with Gasteiger partial charge in [0.15, 0.2) is 5.82 Å². The molecule has 0 saturated carbocycles. The molecule has 3 heterocycles. The average molecular weight is 356 g/mol. The molecule has 140 valence electrons. The van der Waals surface area contributed by atoms with Crippen LogP contribution in [0.25, 0.3) is 0 Å². The number of fused-ring (bicyclic) bond motifs is 1. The molecule has 0 saturated heterocycles. The van der Waals surface area contributed by atoms with E-state index in [4.69, 9.17) is 0 Å². The second-order valence-corrected chi connectivity index (χ2v) is 7.01. The number of hydrogen-bond acceptors (Lipinski definition) is 5. The third kappa shape index (κ3) is 4.46. The highest BCUT2D eigenvalue weighted by atomic mass is 16.1. The maximum absolute atomic E-state index is 12.0. The maximum Gasteiger partial charge on any atom is 0.223 e. The van der Waals surface area contributed by atoms with Crippen molar-refractivity contribution in [2.45, 2.75) is 53.2 Å². The Balaban J connectivity index is 1.60. The molecule has 1 aliphatic rings. The van der Waals surface area contributed by atoms with Gasteiger partial charge in [0.05, 0.1) is 12.2 Å². The summed E-state index contributed by atoms with van der Waals surface area (Å²) in [5.74, 6) is 1.94. The van der Waals surface area contributed by atoms with Crippen LogP contribution in [0.3, 0.4) is 0 Å². The van der Waals surface area contributed by atoms with E-state index in [2.05, 4.69) is 42.1 Å². The van der Waals surface area contributed by atoms with Crippen LogP contribution in [0.15, 0.2) is 18.2 Å². The van der Waals surface area contributed by atoms with E-state index < -0.39 is 0 Å². The lowest BCUT2D eigenvalue weighted by molar-refractivity contribution is -0.124. The number of hydrogen-bond donors (Lipinski definition) is 1. The van der Waals surface area contributed by atoms with Gasteiger partial charge in [0.1, 0.15) is 5.82 Å². The zero-order valence-corrected chi connectivity index (χ0v) is 15.9. The minimum atomic E-state index is 0.0267. The molecule has 7 nitrogen and oxygen atoms in total. The van der Waals surface area contributed by atoms with Crippen LogP contribution in [-0.2, 0) is 30.8 Å². The Morgan fingerprint density at radius 2 is 2.12 bits per heavy atom. The van der Waals surface area contributed by atoms with Crippen molar-refractivity contribution >= 4 is 5.91 Å². The highest BCUT2D eigenvalue weighted by Crippen LogP contribution is 2.12. The van der Waals surface area contributed by atoms with Crippen LogP contribution >= 0.6 is 0 Å². The Morgan fingerprint density at radius 3 is 2.88 bits per heavy atom. The summed E-state index contributed by atoms with van der Waals surface area (Å²) in [5.41, 5.74) is 2.15. The summed E-state index contributed by atoms with van der Waals surface area (Å²) in [6, 6.07) is 6.16. The van der Waals surface area contributed by atoms with Gasteiger partial charge in [-0.15, -0.1) is 10.2 Å². The average Bonchev–Trinajstić information content (AvgIpc) is 2.92. The topological polar surface area (TPSA) is 75.9 Å². The molecule has 0 aromatic carbocycles. The normalized spacial score (nSPS) is 16.0. The summed E-state index contributed by atoms with van der Waals surface area (Å²) < 4.78 is 2.15. The fourth-order valence-corrected chi connectivity index (χ4v) is 3.16. The van der Waals surface area contributed by atoms with Crippen molar-refractivity contribution in [3.63, 3.8) is 0 Å². The van der Waals surface area contributed by atoms with E-state index in [0.29, 0.717) is 6.54 Å². The van der Waals surface area contributed by atoms with Crippen LogP contribution in [0.5, 0.6) is 0 Å². The van der Waals surface area contributed by atoms with Crippen molar-refractivity contribution in [3.8, 4) is 0 Å². The number of pyridine rings is 1. The van der Waals surface area contributed by atoms with Gasteiger partial charge in [0.25, 0.3) is 0 Å². The number of nitrogens with zero attached hydrogens (tertiary/aromatic N) is 5. The lowest BCUT2D eigenvalue weighted by atomic mass is 10.1. The minimum absolute atomic E-state index is 0.0267. The number of nitrogens with one attached hydrogen (secondary N) is 1. The summed E-state index contributed by atoms with van der Waals surface area (Å²) in [5, 5.41) is 11.6. The van der Waals surface area contributed by atoms with Gasteiger partial charge in [-0.05, 0) is 25.5 Å². The van der Waals surface area contributed by atoms with Gasteiger partial charge in [-0.2, -0.15) is 0 Å². The first-order valence-corrected chi connectivity index (χ1v) is 9.40. The number of rotatable bonds is 6. The fourth-order valence-electron chi connectivity index (χ4n) is 3.16. The molecule has 3 rings (SSSR count). The minimum Gasteiger partial charge on any atom is -0.349 e. The molecular formula is C19H28N6O. The van der Waals surface area contributed by atoms with E-state index >= 15 is 0 Å². The van der Waals surface area contributed by atoms with Crippen LogP contribution in [-0.4, -0.2) is 43.6 Å². The SMILES string of the molecule is CCC(C)C(=O)NCc1nnc2n1CCN(Cc1cccc(C)n1)CC2. The molecule has 0 radical (unpaired) electrons. The first kappa shape index (κ1) is 18.5. The highest BCUT2D eigenvalue weighted by Gasteiger charge is 2.20. The van der Waals surface area contributed by atoms with Gasteiger partial charge in [-0.3, -0.25) is 14.7 Å². The smallest absolute Gasteiger partial charge is 0.223 e. The van der Waals surface area contributed by atoms with Crippen LogP contribution in [0.2, 0.25) is 0 Å². The zero-order chi connectivity index (χ0) is 18.5. The molecule has 1 unspecified atom stereocenters. The molecule has 7 heteroatoms. The Kier molecular flexibility index (Phi) is 5.98. The van der Waals surface area contributed by atoms with Crippen molar-refractivity contribution in [1.29, 1.82) is 0 Å². The van der Waals surface area contributed by atoms with E-state index in [9.17, 15) is 4.79 Å². The van der Waals surface area contributed by atoms with Gasteiger partial charge in [0.2, 0.25) is 5.91 Å². The molecule has 2 aromatic rings. The molecule has 2 aromatic heterocycles. The quantitative estimate of drug-likeness (QED) is 0.853. The second-order valence-electron chi connectivity index (χ2n) is 7.01. The number of carbonyl (C=O) groups is 1. The molecule has 1 atom stereocenters. The summed E-state index contributed by atoms with van der Waals surface area (Å²) in [6.07, 6.45) is 1.70. The molecule has 0 aliphatic carbocycles. The van der Waals surface area contributed by atoms with Crippen LogP contribution in [0.1, 0.15) is 43.3 Å². The number of aryl methyl sites for hydroxylation is 1. The van der Waals surface area contributed by atoms with E-state index in [0.717, 1.165) is 62.1 Å². The third-order valence-electron chi connectivity index (χ3n) is 5.01. The number of amides is 1. The van der Waals surface area contributed by atoms with Crippen molar-refractivity contribution in [2.75, 3.05) is 13.1 Å². The van der Waals surface area contributed by atoms with E-state index in [-0.39, 0.29) is 11.8 Å². The molecular weight excluding hydrogens is 328 g/mol. The maximum atomic E-state index is 12.0. The largest absolute Gasteiger partial charge is 0.349 e. The van der Waals surface area contributed by atoms with Gasteiger partial charge in [0, 0.05) is 44.2 Å². The van der Waals surface area contributed by atoms with Crippen LogP contribution in [0.4, 0.5) is 0 Å². The monoisotopic (exact) mass is 356 g/mol. The van der Waals surface area contributed by atoms with Crippen molar-refractivity contribution in [1.82, 2.24) is 30.0 Å². The van der Waals surface area contributed by atoms with Crippen LogP contribution < -0.4 is 5.32 Å². The second kappa shape index (κ2) is 8.40. The van der Waals surface area contributed by atoms with E-state index in [1.807, 2.05) is 26.8 Å². The standard InChI is InChI=1S/C19H28N6O/c1-4-14(2)19(26)20-12-18-23-22-17-8-9-24(10-11-25(17)18)13-16-7-5-6-15(3)21-16/h5-7,14H,4,8-13H2,1-3H3,(H,20,26). The zero-order valence-electron chi connectivity index (χ0n) is 15.9. The van der Waals surface area contributed by atoms with E-state index in [1.54, 1.807) is 0 Å². The summed E-state index contributed by atoms with van der Waals surface area (Å²) in [6.45, 7) is 9.97. The van der Waals surface area contributed by atoms with Crippen molar-refractivity contribution in [2.24, 2.45) is 5.92 Å². The summed E-state index contributed by atoms with van der Waals surface area (Å²) >= 11 is 0. The Bertz CT molecular complexity index is 756. The molecule has 0 fully saturated rings. The predicted octanol–water partition coefficient (Wildman–Crippen LogP) is 1.70. The Labute approximate surface area is 154 Å². The lowest BCUT2D eigenvalue weighted by Crippen LogP contribution is -2.30. The third-order valence-corrected chi connectivity index (χ3v) is 5.01. The number of carbonyl (C=O) groups excluding carboxylic acids is 1. The molecule has 26 heavy (non-hydrogen) atoms. The molecule has 1 N–H and O–H groups in total. The first-order chi connectivity index (χ1) is 12.6. The first-order valence-electron chi connectivity index (χ1n) is 9.40. The van der Waals surface area contributed by atoms with Crippen molar-refractivity contribution < 1.29 is 4.79 Å². The molecule has 1 amide bonds. The van der Waals surface area contributed by atoms with Crippen LogP contribution in [0, 0.1) is 12.8 Å². The van der Waals surface area contributed by atoms with Gasteiger partial charge < -0.3 is 9.88 Å². The Hall–Kier alpha value is -2.28.